The molecule has 5 heteroatoms. The second kappa shape index (κ2) is 7.55. The van der Waals surface area contributed by atoms with Crippen LogP contribution in [-0.2, 0) is 9.53 Å². The lowest BCUT2D eigenvalue weighted by molar-refractivity contribution is -0.146. The number of esters is 1. The van der Waals surface area contributed by atoms with Gasteiger partial charge in [0.2, 0.25) is 0 Å². The van der Waals surface area contributed by atoms with Crippen LogP contribution in [0.5, 0.6) is 5.75 Å². The number of nitrogens with zero attached hydrogens (tertiary/aromatic N) is 1. The lowest BCUT2D eigenvalue weighted by Gasteiger charge is -2.10. The molecule has 0 aliphatic rings. The number of benzene rings is 1. The Morgan fingerprint density at radius 1 is 1.28 bits per heavy atom. The number of ether oxygens (including phenoxy) is 2. The molecule has 0 saturated heterocycles. The van der Waals surface area contributed by atoms with Gasteiger partial charge < -0.3 is 20.1 Å². The molecule has 0 aromatic heterocycles. The Hall–Kier alpha value is -1.75. The summed E-state index contributed by atoms with van der Waals surface area (Å²) in [5.41, 5.74) is 6.20. The van der Waals surface area contributed by atoms with Crippen molar-refractivity contribution in [2.75, 3.05) is 39.6 Å². The topological polar surface area (TPSA) is 64.8 Å². The molecule has 2 N–H and O–H groups in total. The Morgan fingerprint density at radius 2 is 1.94 bits per heavy atom. The van der Waals surface area contributed by atoms with Gasteiger partial charge in [-0.3, -0.25) is 0 Å². The Bertz CT molecular complexity index is 363. The number of nitrogen functional groups attached to an aromatic ring is 1. The molecule has 0 unspecified atom stereocenters. The summed E-state index contributed by atoms with van der Waals surface area (Å²) in [6.45, 7) is 1.24. The van der Waals surface area contributed by atoms with Crippen molar-refractivity contribution in [3.8, 4) is 5.75 Å². The number of rotatable bonds is 7. The highest BCUT2D eigenvalue weighted by molar-refractivity contribution is 5.71. The molecule has 100 valence electrons. The molecule has 0 atom stereocenters. The predicted molar refractivity (Wildman–Crippen MR) is 70.5 cm³/mol. The van der Waals surface area contributed by atoms with E-state index in [1.807, 2.05) is 19.0 Å². The lowest BCUT2D eigenvalue weighted by Crippen LogP contribution is -2.19. The number of hydrogen-bond acceptors (Lipinski definition) is 5. The van der Waals surface area contributed by atoms with E-state index >= 15 is 0 Å². The first kappa shape index (κ1) is 14.3. The van der Waals surface area contributed by atoms with Crippen LogP contribution in [-0.4, -0.2) is 44.7 Å². The quantitative estimate of drug-likeness (QED) is 0.448. The van der Waals surface area contributed by atoms with E-state index in [0.717, 1.165) is 13.0 Å². The Balaban J connectivity index is 2.15. The van der Waals surface area contributed by atoms with Gasteiger partial charge in [0.05, 0.1) is 6.61 Å². The minimum absolute atomic E-state index is 0.0775. The number of hydrogen-bond donors (Lipinski definition) is 1. The SMILES string of the molecule is CN(C)CCCOC(=O)COc1ccc(N)cc1. The fourth-order valence-electron chi connectivity index (χ4n) is 1.31. The number of carbonyl (C=O) groups excluding carboxylic acids is 1. The summed E-state index contributed by atoms with van der Waals surface area (Å²) in [7, 11) is 3.96. The molecule has 0 fully saturated rings. The number of anilines is 1. The maximum atomic E-state index is 11.3. The summed E-state index contributed by atoms with van der Waals surface area (Å²) in [5, 5.41) is 0. The largest absolute Gasteiger partial charge is 0.482 e. The predicted octanol–water partition coefficient (Wildman–Crippen LogP) is 1.14. The number of carbonyl (C=O) groups is 1. The monoisotopic (exact) mass is 252 g/mol. The highest BCUT2D eigenvalue weighted by atomic mass is 16.6. The molecule has 0 saturated carbocycles. The summed E-state index contributed by atoms with van der Waals surface area (Å²) in [6, 6.07) is 6.87. The molecule has 0 radical (unpaired) electrons. The molecule has 0 spiro atoms. The van der Waals surface area contributed by atoms with Gasteiger partial charge in [0.25, 0.3) is 0 Å². The Morgan fingerprint density at radius 3 is 2.56 bits per heavy atom. The molecule has 1 aromatic rings. The Labute approximate surface area is 107 Å². The zero-order chi connectivity index (χ0) is 13.4. The van der Waals surface area contributed by atoms with E-state index in [4.69, 9.17) is 15.2 Å². The van der Waals surface area contributed by atoms with Gasteiger partial charge in [-0.2, -0.15) is 0 Å². The fraction of sp³-hybridized carbons (Fsp3) is 0.462. The minimum atomic E-state index is -0.356. The van der Waals surface area contributed by atoms with Crippen LogP contribution < -0.4 is 10.5 Å². The molecule has 0 aliphatic heterocycles. The van der Waals surface area contributed by atoms with Crippen molar-refractivity contribution in [3.63, 3.8) is 0 Å². The standard InChI is InChI=1S/C13H20N2O3/c1-15(2)8-3-9-17-13(16)10-18-12-6-4-11(14)5-7-12/h4-7H,3,8-10,14H2,1-2H3. The first-order valence-electron chi connectivity index (χ1n) is 5.86. The van der Waals surface area contributed by atoms with E-state index in [0.29, 0.717) is 18.0 Å². The highest BCUT2D eigenvalue weighted by Gasteiger charge is 2.04. The molecule has 18 heavy (non-hydrogen) atoms. The van der Waals surface area contributed by atoms with Crippen LogP contribution in [0.25, 0.3) is 0 Å². The van der Waals surface area contributed by atoms with Crippen LogP contribution in [0.15, 0.2) is 24.3 Å². The molecule has 1 rings (SSSR count). The zero-order valence-electron chi connectivity index (χ0n) is 10.9. The maximum Gasteiger partial charge on any atom is 0.344 e. The molecule has 5 nitrogen and oxygen atoms in total. The van der Waals surface area contributed by atoms with Crippen molar-refractivity contribution in [2.45, 2.75) is 6.42 Å². The smallest absolute Gasteiger partial charge is 0.344 e. The van der Waals surface area contributed by atoms with E-state index in [1.165, 1.54) is 0 Å². The van der Waals surface area contributed by atoms with Crippen LogP contribution in [0, 0.1) is 0 Å². The summed E-state index contributed by atoms with van der Waals surface area (Å²) >= 11 is 0. The lowest BCUT2D eigenvalue weighted by atomic mass is 10.3. The van der Waals surface area contributed by atoms with Gasteiger partial charge in [-0.1, -0.05) is 0 Å². The van der Waals surface area contributed by atoms with E-state index < -0.39 is 0 Å². The highest BCUT2D eigenvalue weighted by Crippen LogP contribution is 2.12. The zero-order valence-corrected chi connectivity index (χ0v) is 10.9. The summed E-state index contributed by atoms with van der Waals surface area (Å²) in [5.74, 6) is 0.250. The van der Waals surface area contributed by atoms with Crippen LogP contribution >= 0.6 is 0 Å². The van der Waals surface area contributed by atoms with Crippen molar-refractivity contribution in [2.24, 2.45) is 0 Å². The van der Waals surface area contributed by atoms with Gasteiger partial charge in [-0.15, -0.1) is 0 Å². The molecule has 0 aliphatic carbocycles. The molecule has 0 bridgehead atoms. The van der Waals surface area contributed by atoms with Gasteiger partial charge in [0, 0.05) is 12.2 Å². The average molecular weight is 252 g/mol. The van der Waals surface area contributed by atoms with Crippen molar-refractivity contribution < 1.29 is 14.3 Å². The van der Waals surface area contributed by atoms with Crippen LogP contribution in [0.2, 0.25) is 0 Å². The maximum absolute atomic E-state index is 11.3. The van der Waals surface area contributed by atoms with Gasteiger partial charge in [0.15, 0.2) is 6.61 Å². The van der Waals surface area contributed by atoms with E-state index in [-0.39, 0.29) is 12.6 Å². The molecular formula is C13H20N2O3. The molecule has 1 aromatic carbocycles. The molecular weight excluding hydrogens is 232 g/mol. The average Bonchev–Trinajstić information content (AvgIpc) is 2.34. The van der Waals surface area contributed by atoms with E-state index in [2.05, 4.69) is 0 Å². The first-order chi connectivity index (χ1) is 8.58. The fourth-order valence-corrected chi connectivity index (χ4v) is 1.31. The molecule has 0 amide bonds. The second-order valence-electron chi connectivity index (χ2n) is 4.24. The third-order valence-electron chi connectivity index (χ3n) is 2.25. The minimum Gasteiger partial charge on any atom is -0.482 e. The van der Waals surface area contributed by atoms with Crippen molar-refractivity contribution in [1.82, 2.24) is 4.90 Å². The Kier molecular flexibility index (Phi) is 6.00. The normalized spacial score (nSPS) is 10.4. The number of nitrogens with two attached hydrogens (primary N) is 1. The molecule has 0 heterocycles. The van der Waals surface area contributed by atoms with Crippen LogP contribution in [0.1, 0.15) is 6.42 Å². The van der Waals surface area contributed by atoms with E-state index in [1.54, 1.807) is 24.3 Å². The third kappa shape index (κ3) is 6.10. The third-order valence-corrected chi connectivity index (χ3v) is 2.25. The van der Waals surface area contributed by atoms with Gasteiger partial charge in [-0.05, 0) is 44.8 Å². The van der Waals surface area contributed by atoms with E-state index in [9.17, 15) is 4.79 Å². The van der Waals surface area contributed by atoms with Gasteiger partial charge in [0.1, 0.15) is 5.75 Å². The van der Waals surface area contributed by atoms with Crippen molar-refractivity contribution >= 4 is 11.7 Å². The van der Waals surface area contributed by atoms with Crippen molar-refractivity contribution in [3.05, 3.63) is 24.3 Å². The first-order valence-corrected chi connectivity index (χ1v) is 5.86. The summed E-state index contributed by atoms with van der Waals surface area (Å²) < 4.78 is 10.3. The van der Waals surface area contributed by atoms with Crippen LogP contribution in [0.3, 0.4) is 0 Å². The second-order valence-corrected chi connectivity index (χ2v) is 4.24. The summed E-state index contributed by atoms with van der Waals surface area (Å²) in [4.78, 5) is 13.4. The van der Waals surface area contributed by atoms with Crippen molar-refractivity contribution in [1.29, 1.82) is 0 Å². The summed E-state index contributed by atoms with van der Waals surface area (Å²) in [6.07, 6.45) is 0.820. The van der Waals surface area contributed by atoms with Crippen LogP contribution in [0.4, 0.5) is 5.69 Å². The van der Waals surface area contributed by atoms with Gasteiger partial charge in [-0.25, -0.2) is 4.79 Å². The van der Waals surface area contributed by atoms with Gasteiger partial charge >= 0.3 is 5.97 Å².